The van der Waals surface area contributed by atoms with Crippen LogP contribution in [0.4, 0.5) is 13.2 Å². The quantitative estimate of drug-likeness (QED) is 0.681. The van der Waals surface area contributed by atoms with Crippen molar-refractivity contribution in [3.8, 4) is 0 Å². The molecule has 0 aromatic carbocycles. The molecule has 0 spiro atoms. The van der Waals surface area contributed by atoms with E-state index in [-0.39, 0.29) is 6.92 Å². The zero-order valence-corrected chi connectivity index (χ0v) is 8.25. The molecular weight excluding hydrogens is 179 g/mol. The normalized spacial score (nSPS) is 23.3. The summed E-state index contributed by atoms with van der Waals surface area (Å²) in [4.78, 5) is 0. The molecule has 13 heavy (non-hydrogen) atoms. The van der Waals surface area contributed by atoms with E-state index in [1.807, 2.05) is 0 Å². The molecule has 1 nitrogen and oxygen atoms in total. The standard InChI is InChI=1S/C7H15N.C2H3F3/c1-2-7-5-3-4-6-8-7;1-2(3,4)5/h7-8H,2-6H2,1H3;1H3. The van der Waals surface area contributed by atoms with Gasteiger partial charge in [-0.1, -0.05) is 13.3 Å². The summed E-state index contributed by atoms with van der Waals surface area (Å²) in [7, 11) is 0. The Morgan fingerprint density at radius 1 is 1.31 bits per heavy atom. The minimum absolute atomic E-state index is 0.188. The van der Waals surface area contributed by atoms with E-state index >= 15 is 0 Å². The van der Waals surface area contributed by atoms with Crippen LogP contribution in [0.3, 0.4) is 0 Å². The molecule has 0 saturated carbocycles. The summed E-state index contributed by atoms with van der Waals surface area (Å²) >= 11 is 0. The lowest BCUT2D eigenvalue weighted by Crippen LogP contribution is -2.32. The van der Waals surface area contributed by atoms with Crippen LogP contribution in [-0.2, 0) is 0 Å². The largest absolute Gasteiger partial charge is 0.386 e. The van der Waals surface area contributed by atoms with Gasteiger partial charge in [-0.05, 0) is 25.8 Å². The second-order valence-corrected chi connectivity index (χ2v) is 3.34. The summed E-state index contributed by atoms with van der Waals surface area (Å²) in [5.74, 6) is 0. The van der Waals surface area contributed by atoms with Crippen molar-refractivity contribution in [2.75, 3.05) is 6.54 Å². The molecule has 0 radical (unpaired) electrons. The van der Waals surface area contributed by atoms with Gasteiger partial charge in [0.05, 0.1) is 0 Å². The molecule has 1 rings (SSSR count). The second-order valence-electron chi connectivity index (χ2n) is 3.34. The average Bonchev–Trinajstić information content (AvgIpc) is 2.03. The van der Waals surface area contributed by atoms with Crippen molar-refractivity contribution in [1.29, 1.82) is 0 Å². The third-order valence-corrected chi connectivity index (χ3v) is 1.91. The molecule has 1 fully saturated rings. The van der Waals surface area contributed by atoms with Crippen LogP contribution in [0.5, 0.6) is 0 Å². The van der Waals surface area contributed by atoms with Crippen LogP contribution in [-0.4, -0.2) is 18.8 Å². The molecule has 0 amide bonds. The van der Waals surface area contributed by atoms with Gasteiger partial charge >= 0.3 is 6.18 Å². The number of rotatable bonds is 1. The van der Waals surface area contributed by atoms with Crippen molar-refractivity contribution in [1.82, 2.24) is 5.32 Å². The fourth-order valence-electron chi connectivity index (χ4n) is 1.27. The van der Waals surface area contributed by atoms with Gasteiger partial charge in [0.1, 0.15) is 0 Å². The molecule has 80 valence electrons. The predicted octanol–water partition coefficient (Wildman–Crippen LogP) is 3.11. The fraction of sp³-hybridized carbons (Fsp3) is 1.00. The zero-order chi connectivity index (χ0) is 10.3. The molecule has 1 aliphatic rings. The fourth-order valence-corrected chi connectivity index (χ4v) is 1.27. The highest BCUT2D eigenvalue weighted by Crippen LogP contribution is 2.10. The molecule has 1 N–H and O–H groups in total. The van der Waals surface area contributed by atoms with Gasteiger partial charge in [-0.15, -0.1) is 0 Å². The summed E-state index contributed by atoms with van der Waals surface area (Å²) in [5, 5.41) is 3.47. The summed E-state index contributed by atoms with van der Waals surface area (Å²) in [6.07, 6.45) is 1.53. The molecule has 1 unspecified atom stereocenters. The van der Waals surface area contributed by atoms with Crippen molar-refractivity contribution in [3.05, 3.63) is 0 Å². The summed E-state index contributed by atoms with van der Waals surface area (Å²) in [6.45, 7) is 3.69. The molecule has 0 bridgehead atoms. The minimum Gasteiger partial charge on any atom is -0.314 e. The smallest absolute Gasteiger partial charge is 0.314 e. The number of alkyl halides is 3. The molecule has 0 aromatic heterocycles. The Balaban J connectivity index is 0.000000252. The molecule has 1 atom stereocenters. The van der Waals surface area contributed by atoms with Gasteiger partial charge in [0.2, 0.25) is 0 Å². The van der Waals surface area contributed by atoms with Crippen LogP contribution in [0.15, 0.2) is 0 Å². The van der Waals surface area contributed by atoms with Gasteiger partial charge in [-0.2, -0.15) is 13.2 Å². The first-order chi connectivity index (χ1) is 5.93. The Hall–Kier alpha value is -0.250. The van der Waals surface area contributed by atoms with Crippen molar-refractivity contribution < 1.29 is 13.2 Å². The average molecular weight is 197 g/mol. The van der Waals surface area contributed by atoms with Crippen LogP contribution < -0.4 is 5.32 Å². The highest BCUT2D eigenvalue weighted by atomic mass is 19.4. The number of hydrogen-bond donors (Lipinski definition) is 1. The molecule has 1 saturated heterocycles. The molecule has 1 aliphatic heterocycles. The van der Waals surface area contributed by atoms with Crippen molar-refractivity contribution in [2.45, 2.75) is 51.7 Å². The maximum atomic E-state index is 10.4. The second kappa shape index (κ2) is 6.24. The van der Waals surface area contributed by atoms with E-state index in [4.69, 9.17) is 0 Å². The molecule has 1 heterocycles. The lowest BCUT2D eigenvalue weighted by Gasteiger charge is -2.21. The Labute approximate surface area is 77.7 Å². The van der Waals surface area contributed by atoms with E-state index in [0.717, 1.165) is 6.04 Å². The minimum atomic E-state index is -4.00. The third-order valence-electron chi connectivity index (χ3n) is 1.91. The number of hydrogen-bond acceptors (Lipinski definition) is 1. The van der Waals surface area contributed by atoms with Gasteiger partial charge in [0.15, 0.2) is 0 Å². The highest BCUT2D eigenvalue weighted by molar-refractivity contribution is 4.69. The monoisotopic (exact) mass is 197 g/mol. The lowest BCUT2D eigenvalue weighted by atomic mass is 10.0. The van der Waals surface area contributed by atoms with E-state index in [2.05, 4.69) is 12.2 Å². The van der Waals surface area contributed by atoms with Gasteiger partial charge < -0.3 is 5.32 Å². The van der Waals surface area contributed by atoms with Crippen LogP contribution >= 0.6 is 0 Å². The van der Waals surface area contributed by atoms with Crippen LogP contribution in [0.1, 0.15) is 39.5 Å². The van der Waals surface area contributed by atoms with Crippen LogP contribution in [0.2, 0.25) is 0 Å². The molecule has 4 heteroatoms. The molecular formula is C9H18F3N. The summed E-state index contributed by atoms with van der Waals surface area (Å²) < 4.78 is 31.1. The Kier molecular flexibility index (Phi) is 6.12. The summed E-state index contributed by atoms with van der Waals surface area (Å²) in [6, 6.07) is 0.837. The van der Waals surface area contributed by atoms with E-state index in [1.54, 1.807) is 0 Å². The van der Waals surface area contributed by atoms with Gasteiger partial charge in [0.25, 0.3) is 0 Å². The lowest BCUT2D eigenvalue weighted by molar-refractivity contribution is -0.110. The van der Waals surface area contributed by atoms with Crippen LogP contribution in [0.25, 0.3) is 0 Å². The van der Waals surface area contributed by atoms with Crippen LogP contribution in [0, 0.1) is 0 Å². The molecule has 0 aromatic rings. The molecule has 0 aliphatic carbocycles. The Morgan fingerprint density at radius 3 is 2.08 bits per heavy atom. The van der Waals surface area contributed by atoms with E-state index < -0.39 is 6.18 Å². The van der Waals surface area contributed by atoms with E-state index in [0.29, 0.717) is 0 Å². The Morgan fingerprint density at radius 2 is 1.85 bits per heavy atom. The van der Waals surface area contributed by atoms with Crippen molar-refractivity contribution >= 4 is 0 Å². The number of piperidine rings is 1. The van der Waals surface area contributed by atoms with Gasteiger partial charge in [-0.25, -0.2) is 0 Å². The van der Waals surface area contributed by atoms with Crippen molar-refractivity contribution in [2.24, 2.45) is 0 Å². The highest BCUT2D eigenvalue weighted by Gasteiger charge is 2.15. The first kappa shape index (κ1) is 12.8. The van der Waals surface area contributed by atoms with E-state index in [1.165, 1.54) is 32.2 Å². The SMILES string of the molecule is CC(F)(F)F.CCC1CCCCN1. The van der Waals surface area contributed by atoms with Gasteiger partial charge in [0, 0.05) is 13.0 Å². The maximum Gasteiger partial charge on any atom is 0.386 e. The van der Waals surface area contributed by atoms with Crippen molar-refractivity contribution in [3.63, 3.8) is 0 Å². The topological polar surface area (TPSA) is 12.0 Å². The summed E-state index contributed by atoms with van der Waals surface area (Å²) in [5.41, 5.74) is 0. The maximum absolute atomic E-state index is 10.4. The predicted molar refractivity (Wildman–Crippen MR) is 47.7 cm³/mol. The third kappa shape index (κ3) is 11.8. The van der Waals surface area contributed by atoms with E-state index in [9.17, 15) is 13.2 Å². The number of halogens is 3. The van der Waals surface area contributed by atoms with Gasteiger partial charge in [-0.3, -0.25) is 0 Å². The first-order valence-electron chi connectivity index (χ1n) is 4.73. The first-order valence-corrected chi connectivity index (χ1v) is 4.73. The number of nitrogens with one attached hydrogen (secondary N) is 1. The zero-order valence-electron chi connectivity index (χ0n) is 8.25. The Bertz CT molecular complexity index is 111.